The predicted molar refractivity (Wildman–Crippen MR) is 96.2 cm³/mol. The summed E-state index contributed by atoms with van der Waals surface area (Å²) in [6.45, 7) is 14.5. The van der Waals surface area contributed by atoms with E-state index in [9.17, 15) is 0 Å². The van der Waals surface area contributed by atoms with Crippen LogP contribution >= 0.6 is 0 Å². The predicted octanol–water partition coefficient (Wildman–Crippen LogP) is 3.93. The number of hydrogen-bond acceptors (Lipinski definition) is 0. The topological polar surface area (TPSA) is 14.1 Å². The van der Waals surface area contributed by atoms with Gasteiger partial charge in [0, 0.05) is 0 Å². The van der Waals surface area contributed by atoms with Gasteiger partial charge in [-0.2, -0.15) is 0 Å². The zero-order chi connectivity index (χ0) is 14.8. The third-order valence-electron chi connectivity index (χ3n) is 3.89. The van der Waals surface area contributed by atoms with Crippen LogP contribution < -0.4 is 51.4 Å². The molecule has 0 aromatic rings. The van der Waals surface area contributed by atoms with Crippen LogP contribution in [0.4, 0.5) is 0 Å². The minimum Gasteiger partial charge on any atom is -0.667 e. The van der Waals surface area contributed by atoms with E-state index >= 15 is 0 Å². The van der Waals surface area contributed by atoms with Gasteiger partial charge in [0.05, 0.1) is 0 Å². The molecule has 0 N–H and O–H groups in total. The Morgan fingerprint density at radius 2 is 0.950 bits per heavy atom. The van der Waals surface area contributed by atoms with Crippen LogP contribution in [0.1, 0.15) is 65.2 Å². The van der Waals surface area contributed by atoms with Crippen LogP contribution in [0.2, 0.25) is 38.3 Å². The van der Waals surface area contributed by atoms with Crippen molar-refractivity contribution >= 4 is 16.5 Å². The molecule has 0 unspecified atom stereocenters. The molecule has 0 fully saturated rings. The Morgan fingerprint density at radius 1 is 0.600 bits per heavy atom. The molecule has 0 aromatic carbocycles. The van der Waals surface area contributed by atoms with Crippen molar-refractivity contribution in [3.63, 3.8) is 0 Å². The Balaban J connectivity index is 0. The summed E-state index contributed by atoms with van der Waals surface area (Å²) in [6.07, 6.45) is 11.2. The van der Waals surface area contributed by atoms with Gasteiger partial charge < -0.3 is 4.65 Å². The zero-order valence-electron chi connectivity index (χ0n) is 15.5. The molecular formula is C16H38KNSi2. The number of nitrogens with zero attached hydrogens (tertiary/aromatic N) is 1. The van der Waals surface area contributed by atoms with Crippen LogP contribution in [0.25, 0.3) is 4.65 Å². The van der Waals surface area contributed by atoms with Crippen LogP contribution in [0.3, 0.4) is 0 Å². The number of unbranched alkanes of at least 4 members (excludes halogenated alkanes) is 6. The summed E-state index contributed by atoms with van der Waals surface area (Å²) in [5.41, 5.74) is 0. The maximum absolute atomic E-state index is 5.41. The van der Waals surface area contributed by atoms with E-state index in [0.29, 0.717) is 0 Å². The van der Waals surface area contributed by atoms with Crippen LogP contribution in [0.15, 0.2) is 0 Å². The Bertz CT molecular complexity index is 199. The minimum absolute atomic E-state index is 0. The molecule has 0 rings (SSSR count). The number of rotatable bonds is 12. The van der Waals surface area contributed by atoms with Gasteiger partial charge in [-0.3, -0.25) is 0 Å². The molecular weight excluding hydrogens is 301 g/mol. The SMILES string of the molecule is CCCCCC[Si](C)(C)[N-][Si](C)(C)CCCCCC.[K+]. The van der Waals surface area contributed by atoms with E-state index < -0.39 is 16.5 Å². The molecule has 0 spiro atoms. The van der Waals surface area contributed by atoms with Gasteiger partial charge in [0.2, 0.25) is 0 Å². The summed E-state index contributed by atoms with van der Waals surface area (Å²) in [4.78, 5) is 0. The fourth-order valence-corrected chi connectivity index (χ4v) is 12.6. The summed E-state index contributed by atoms with van der Waals surface area (Å²) in [5, 5.41) is 0. The van der Waals surface area contributed by atoms with Gasteiger partial charge in [0.15, 0.2) is 0 Å². The zero-order valence-corrected chi connectivity index (χ0v) is 20.6. The van der Waals surface area contributed by atoms with Crippen LogP contribution in [0.5, 0.6) is 0 Å². The van der Waals surface area contributed by atoms with Gasteiger partial charge in [0.1, 0.15) is 0 Å². The van der Waals surface area contributed by atoms with E-state index in [1.807, 2.05) is 0 Å². The molecule has 0 heterocycles. The third-order valence-corrected chi connectivity index (χ3v) is 11.9. The van der Waals surface area contributed by atoms with E-state index in [2.05, 4.69) is 40.0 Å². The van der Waals surface area contributed by atoms with E-state index in [0.717, 1.165) is 0 Å². The first-order valence-electron chi connectivity index (χ1n) is 8.57. The van der Waals surface area contributed by atoms with Gasteiger partial charge in [0.25, 0.3) is 0 Å². The third kappa shape index (κ3) is 14.9. The minimum atomic E-state index is -1.27. The molecule has 0 aliphatic rings. The van der Waals surface area contributed by atoms with Crippen molar-refractivity contribution in [2.75, 3.05) is 0 Å². The first-order valence-corrected chi connectivity index (χ1v) is 14.9. The Labute approximate surface area is 174 Å². The van der Waals surface area contributed by atoms with Crippen LogP contribution in [-0.2, 0) is 0 Å². The van der Waals surface area contributed by atoms with Crippen LogP contribution in [-0.4, -0.2) is 16.5 Å². The summed E-state index contributed by atoms with van der Waals surface area (Å²) in [7, 11) is -2.54. The fraction of sp³-hybridized carbons (Fsp3) is 1.00. The van der Waals surface area contributed by atoms with E-state index in [1.165, 1.54) is 63.5 Å². The summed E-state index contributed by atoms with van der Waals surface area (Å²) in [5.74, 6) is 0. The summed E-state index contributed by atoms with van der Waals surface area (Å²) >= 11 is 0. The first kappa shape index (κ1) is 24.3. The Hall–Kier alpha value is 2.03. The molecule has 0 aliphatic carbocycles. The van der Waals surface area contributed by atoms with E-state index in [-0.39, 0.29) is 51.4 Å². The fourth-order valence-electron chi connectivity index (χ4n) is 2.90. The molecule has 0 saturated carbocycles. The van der Waals surface area contributed by atoms with Gasteiger partial charge in [-0.1, -0.05) is 120 Å². The van der Waals surface area contributed by atoms with Crippen molar-refractivity contribution < 1.29 is 51.4 Å². The molecule has 4 heteroatoms. The molecule has 0 amide bonds. The molecule has 1 nitrogen and oxygen atoms in total. The van der Waals surface area contributed by atoms with Gasteiger partial charge in [-0.25, -0.2) is 0 Å². The van der Waals surface area contributed by atoms with Crippen molar-refractivity contribution in [2.24, 2.45) is 0 Å². The van der Waals surface area contributed by atoms with E-state index in [4.69, 9.17) is 4.65 Å². The van der Waals surface area contributed by atoms with Gasteiger partial charge >= 0.3 is 51.4 Å². The quantitative estimate of drug-likeness (QED) is 0.378. The molecule has 0 saturated heterocycles. The average molecular weight is 340 g/mol. The number of hydrogen-bond donors (Lipinski definition) is 0. The molecule has 0 atom stereocenters. The maximum atomic E-state index is 5.41. The molecule has 0 radical (unpaired) electrons. The normalized spacial score (nSPS) is 12.3. The van der Waals surface area contributed by atoms with E-state index in [1.54, 1.807) is 0 Å². The van der Waals surface area contributed by atoms with Gasteiger partial charge in [-0.15, -0.1) is 0 Å². The Kier molecular flexibility index (Phi) is 16.4. The largest absolute Gasteiger partial charge is 1.00 e. The van der Waals surface area contributed by atoms with Crippen molar-refractivity contribution in [1.82, 2.24) is 0 Å². The van der Waals surface area contributed by atoms with Gasteiger partial charge in [-0.05, 0) is 0 Å². The summed E-state index contributed by atoms with van der Waals surface area (Å²) in [6, 6.07) is 2.83. The van der Waals surface area contributed by atoms with Crippen LogP contribution in [0, 0.1) is 0 Å². The second-order valence-electron chi connectivity index (χ2n) is 7.36. The first-order chi connectivity index (χ1) is 8.83. The second kappa shape index (κ2) is 13.5. The molecule has 20 heavy (non-hydrogen) atoms. The molecule has 0 aromatic heterocycles. The average Bonchev–Trinajstić information content (AvgIpc) is 2.29. The van der Waals surface area contributed by atoms with Crippen molar-refractivity contribution in [1.29, 1.82) is 0 Å². The molecule has 0 bridgehead atoms. The maximum Gasteiger partial charge on any atom is 1.00 e. The monoisotopic (exact) mass is 339 g/mol. The molecule has 116 valence electrons. The van der Waals surface area contributed by atoms with Crippen molar-refractivity contribution in [3.8, 4) is 0 Å². The van der Waals surface area contributed by atoms with Crippen molar-refractivity contribution in [2.45, 2.75) is 103 Å². The summed E-state index contributed by atoms with van der Waals surface area (Å²) < 4.78 is 5.41. The van der Waals surface area contributed by atoms with Crippen molar-refractivity contribution in [3.05, 3.63) is 4.65 Å². The standard InChI is InChI=1S/C16H38NSi2.K/c1-7-9-11-13-15-18(3,4)17-19(5,6)16-14-12-10-8-2;/h7-16H2,1-6H3;/q-1;+1. The smallest absolute Gasteiger partial charge is 0.667 e. The molecule has 0 aliphatic heterocycles. The second-order valence-corrected chi connectivity index (χ2v) is 16.5. The Morgan fingerprint density at radius 3 is 1.25 bits per heavy atom.